The molecule has 1 fully saturated rings. The molecule has 0 heterocycles. The summed E-state index contributed by atoms with van der Waals surface area (Å²) in [6.45, 7) is -0.264. The molecule has 0 N–H and O–H groups in total. The maximum atomic E-state index is 12.2. The average molecular weight is 288 g/mol. The van der Waals surface area contributed by atoms with Crippen LogP contribution in [-0.2, 0) is 0 Å². The van der Waals surface area contributed by atoms with Crippen molar-refractivity contribution in [2.75, 3.05) is 25.5 Å². The van der Waals surface area contributed by atoms with Crippen LogP contribution < -0.4 is 0 Å². The second-order valence-corrected chi connectivity index (χ2v) is 5.19. The van der Waals surface area contributed by atoms with Crippen molar-refractivity contribution in [3.05, 3.63) is 0 Å². The quantitative estimate of drug-likeness (QED) is 0.716. The summed E-state index contributed by atoms with van der Waals surface area (Å²) >= 11 is 3.43. The Bertz CT molecular complexity index is 199. The van der Waals surface area contributed by atoms with E-state index in [1.807, 2.05) is 0 Å². The van der Waals surface area contributed by atoms with E-state index < -0.39 is 12.7 Å². The SMILES string of the molecule is CN(CC(F)(F)F)CC1(CBr)CCCC1. The highest BCUT2D eigenvalue weighted by molar-refractivity contribution is 9.09. The third-order valence-electron chi connectivity index (χ3n) is 3.00. The lowest BCUT2D eigenvalue weighted by Crippen LogP contribution is -2.39. The fourth-order valence-corrected chi connectivity index (χ4v) is 3.13. The molecule has 0 bridgehead atoms. The number of rotatable bonds is 4. The molecule has 1 aliphatic carbocycles. The van der Waals surface area contributed by atoms with Gasteiger partial charge in [0.05, 0.1) is 6.54 Å². The summed E-state index contributed by atoms with van der Waals surface area (Å²) in [5.74, 6) is 0. The summed E-state index contributed by atoms with van der Waals surface area (Å²) in [7, 11) is 1.55. The molecule has 0 radical (unpaired) electrons. The van der Waals surface area contributed by atoms with E-state index in [0.29, 0.717) is 6.54 Å². The Morgan fingerprint density at radius 2 is 1.80 bits per heavy atom. The average Bonchev–Trinajstić information content (AvgIpc) is 2.50. The van der Waals surface area contributed by atoms with Crippen LogP contribution in [0.25, 0.3) is 0 Å². The van der Waals surface area contributed by atoms with Gasteiger partial charge in [-0.25, -0.2) is 0 Å². The molecule has 1 saturated carbocycles. The van der Waals surface area contributed by atoms with E-state index in [-0.39, 0.29) is 5.41 Å². The minimum Gasteiger partial charge on any atom is -0.298 e. The van der Waals surface area contributed by atoms with Crippen LogP contribution in [0.5, 0.6) is 0 Å². The number of hydrogen-bond acceptors (Lipinski definition) is 1. The highest BCUT2D eigenvalue weighted by atomic mass is 79.9. The van der Waals surface area contributed by atoms with E-state index >= 15 is 0 Å². The van der Waals surface area contributed by atoms with Gasteiger partial charge in [0.15, 0.2) is 0 Å². The fraction of sp³-hybridized carbons (Fsp3) is 1.00. The first kappa shape index (κ1) is 13.3. The van der Waals surface area contributed by atoms with E-state index in [9.17, 15) is 13.2 Å². The summed E-state index contributed by atoms with van der Waals surface area (Å²) in [5.41, 5.74) is 0.0694. The highest BCUT2D eigenvalue weighted by Gasteiger charge is 2.36. The van der Waals surface area contributed by atoms with Crippen LogP contribution in [-0.4, -0.2) is 36.5 Å². The van der Waals surface area contributed by atoms with Crippen LogP contribution >= 0.6 is 15.9 Å². The van der Waals surface area contributed by atoms with Gasteiger partial charge in [0.25, 0.3) is 0 Å². The van der Waals surface area contributed by atoms with Crippen LogP contribution in [0.4, 0.5) is 13.2 Å². The van der Waals surface area contributed by atoms with Gasteiger partial charge < -0.3 is 0 Å². The number of hydrogen-bond donors (Lipinski definition) is 0. The predicted molar refractivity (Wildman–Crippen MR) is 58.2 cm³/mol. The minimum atomic E-state index is -4.08. The molecular weight excluding hydrogens is 271 g/mol. The standard InChI is InChI=1S/C10H17BrF3N/c1-15(8-10(12,13)14)7-9(6-11)4-2-3-5-9/h2-8H2,1H3. The molecule has 1 nitrogen and oxygen atoms in total. The minimum absolute atomic E-state index is 0.0694. The molecule has 0 aromatic heterocycles. The van der Waals surface area contributed by atoms with Crippen LogP contribution in [0.2, 0.25) is 0 Å². The Balaban J connectivity index is 2.45. The zero-order valence-corrected chi connectivity index (χ0v) is 10.5. The molecule has 0 aromatic rings. The molecule has 15 heavy (non-hydrogen) atoms. The van der Waals surface area contributed by atoms with Gasteiger partial charge >= 0.3 is 6.18 Å². The zero-order valence-electron chi connectivity index (χ0n) is 8.91. The number of alkyl halides is 4. The van der Waals surface area contributed by atoms with Crippen molar-refractivity contribution in [3.8, 4) is 0 Å². The van der Waals surface area contributed by atoms with E-state index in [4.69, 9.17) is 0 Å². The molecule has 0 atom stereocenters. The van der Waals surface area contributed by atoms with Crippen molar-refractivity contribution in [1.29, 1.82) is 0 Å². The molecule has 0 spiro atoms. The first-order valence-electron chi connectivity index (χ1n) is 5.18. The summed E-state index contributed by atoms with van der Waals surface area (Å²) < 4.78 is 36.5. The van der Waals surface area contributed by atoms with Gasteiger partial charge in [0.1, 0.15) is 0 Å². The van der Waals surface area contributed by atoms with Gasteiger partial charge in [-0.05, 0) is 25.3 Å². The summed E-state index contributed by atoms with van der Waals surface area (Å²) in [6, 6.07) is 0. The van der Waals surface area contributed by atoms with Gasteiger partial charge in [0.2, 0.25) is 0 Å². The molecule has 0 saturated heterocycles. The Labute approximate surface area is 97.1 Å². The molecule has 0 aromatic carbocycles. The van der Waals surface area contributed by atoms with E-state index in [2.05, 4.69) is 15.9 Å². The molecule has 1 rings (SSSR count). The smallest absolute Gasteiger partial charge is 0.298 e. The van der Waals surface area contributed by atoms with Crippen molar-refractivity contribution < 1.29 is 13.2 Å². The normalized spacial score (nSPS) is 21.2. The zero-order chi connectivity index (χ0) is 11.5. The number of nitrogens with zero attached hydrogens (tertiary/aromatic N) is 1. The molecule has 0 aliphatic heterocycles. The second kappa shape index (κ2) is 5.04. The van der Waals surface area contributed by atoms with Gasteiger partial charge in [-0.3, -0.25) is 4.90 Å². The Morgan fingerprint density at radius 3 is 2.20 bits per heavy atom. The van der Waals surface area contributed by atoms with Crippen molar-refractivity contribution in [2.24, 2.45) is 5.41 Å². The Morgan fingerprint density at radius 1 is 1.27 bits per heavy atom. The molecule has 90 valence electrons. The van der Waals surface area contributed by atoms with Crippen molar-refractivity contribution >= 4 is 15.9 Å². The largest absolute Gasteiger partial charge is 0.401 e. The number of halogens is 4. The maximum Gasteiger partial charge on any atom is 0.401 e. The summed E-state index contributed by atoms with van der Waals surface area (Å²) in [6.07, 6.45) is 0.290. The third-order valence-corrected chi connectivity index (χ3v) is 4.19. The maximum absolute atomic E-state index is 12.2. The lowest BCUT2D eigenvalue weighted by atomic mass is 9.88. The predicted octanol–water partition coefficient (Wildman–Crippen LogP) is 3.44. The van der Waals surface area contributed by atoms with E-state index in [1.165, 1.54) is 4.90 Å². The van der Waals surface area contributed by atoms with Crippen molar-refractivity contribution in [1.82, 2.24) is 4.90 Å². The second-order valence-electron chi connectivity index (χ2n) is 4.63. The van der Waals surface area contributed by atoms with Crippen LogP contribution in [0.15, 0.2) is 0 Å². The highest BCUT2D eigenvalue weighted by Crippen LogP contribution is 2.40. The Kier molecular flexibility index (Phi) is 4.47. The van der Waals surface area contributed by atoms with Crippen LogP contribution in [0.3, 0.4) is 0 Å². The van der Waals surface area contributed by atoms with Gasteiger partial charge in [-0.1, -0.05) is 28.8 Å². The van der Waals surface area contributed by atoms with Crippen molar-refractivity contribution in [3.63, 3.8) is 0 Å². The molecular formula is C10H17BrF3N. The first-order chi connectivity index (χ1) is 6.87. The Hall–Kier alpha value is 0.230. The van der Waals surface area contributed by atoms with E-state index in [0.717, 1.165) is 31.0 Å². The third kappa shape index (κ3) is 4.31. The lowest BCUT2D eigenvalue weighted by Gasteiger charge is -2.32. The van der Waals surface area contributed by atoms with Gasteiger partial charge in [-0.15, -0.1) is 0 Å². The molecule has 5 heteroatoms. The van der Waals surface area contributed by atoms with Crippen LogP contribution in [0, 0.1) is 5.41 Å². The van der Waals surface area contributed by atoms with Crippen molar-refractivity contribution in [2.45, 2.75) is 31.9 Å². The first-order valence-corrected chi connectivity index (χ1v) is 6.30. The fourth-order valence-electron chi connectivity index (χ4n) is 2.39. The summed E-state index contributed by atoms with van der Waals surface area (Å²) in [5, 5.41) is 0.808. The monoisotopic (exact) mass is 287 g/mol. The molecule has 1 aliphatic rings. The van der Waals surface area contributed by atoms with Gasteiger partial charge in [0, 0.05) is 11.9 Å². The lowest BCUT2D eigenvalue weighted by molar-refractivity contribution is -0.145. The van der Waals surface area contributed by atoms with Gasteiger partial charge in [-0.2, -0.15) is 13.2 Å². The summed E-state index contributed by atoms with van der Waals surface area (Å²) in [4.78, 5) is 1.40. The van der Waals surface area contributed by atoms with E-state index in [1.54, 1.807) is 7.05 Å². The molecule has 0 amide bonds. The van der Waals surface area contributed by atoms with Crippen LogP contribution in [0.1, 0.15) is 25.7 Å². The topological polar surface area (TPSA) is 3.24 Å². The molecule has 0 unspecified atom stereocenters.